The second kappa shape index (κ2) is 10.5. The summed E-state index contributed by atoms with van der Waals surface area (Å²) in [5, 5.41) is 0. The van der Waals surface area contributed by atoms with Gasteiger partial charge in [-0.25, -0.2) is 13.4 Å². The molecule has 2 fully saturated rings. The van der Waals surface area contributed by atoms with E-state index in [0.717, 1.165) is 16.6 Å². The fourth-order valence-corrected chi connectivity index (χ4v) is 7.18. The average Bonchev–Trinajstić information content (AvgIpc) is 3.73. The van der Waals surface area contributed by atoms with Crippen LogP contribution in [0.4, 0.5) is 13.2 Å². The molecular weight excluding hydrogens is 601 g/mol. The van der Waals surface area contributed by atoms with Gasteiger partial charge in [0.2, 0.25) is 10.0 Å². The highest BCUT2D eigenvalue weighted by Gasteiger charge is 2.44. The normalized spacial score (nSPS) is 17.0. The molecule has 1 saturated carbocycles. The first kappa shape index (κ1) is 27.5. The SMILES string of the molecule is O=C(c1c[nH]c(=O)c(-c2cccc(Br)c2)n1)N1CCC(N(C2CC2)S(=O)(=O)c2cccc(C(F)(F)F)c2)CC1. The van der Waals surface area contributed by atoms with Gasteiger partial charge in [0.05, 0.1) is 10.5 Å². The van der Waals surface area contributed by atoms with Crippen LogP contribution >= 0.6 is 15.9 Å². The van der Waals surface area contributed by atoms with Crippen molar-refractivity contribution in [3.8, 4) is 11.3 Å². The fraction of sp³-hybridized carbons (Fsp3) is 0.346. The molecule has 1 aromatic heterocycles. The van der Waals surface area contributed by atoms with Gasteiger partial charge >= 0.3 is 6.18 Å². The van der Waals surface area contributed by atoms with E-state index in [0.29, 0.717) is 37.3 Å². The van der Waals surface area contributed by atoms with Gasteiger partial charge in [0.1, 0.15) is 11.4 Å². The van der Waals surface area contributed by atoms with Crippen molar-refractivity contribution in [1.82, 2.24) is 19.2 Å². The summed E-state index contributed by atoms with van der Waals surface area (Å²) in [4.78, 5) is 33.6. The molecule has 0 spiro atoms. The Labute approximate surface area is 231 Å². The Hall–Kier alpha value is -3.03. The number of piperidine rings is 1. The summed E-state index contributed by atoms with van der Waals surface area (Å²) >= 11 is 3.35. The van der Waals surface area contributed by atoms with E-state index < -0.39 is 39.3 Å². The first-order chi connectivity index (χ1) is 18.4. The van der Waals surface area contributed by atoms with E-state index in [1.807, 2.05) is 0 Å². The number of amides is 1. The van der Waals surface area contributed by atoms with Gasteiger partial charge < -0.3 is 9.88 Å². The quantitative estimate of drug-likeness (QED) is 0.429. The Kier molecular flexibility index (Phi) is 7.42. The molecule has 0 atom stereocenters. The van der Waals surface area contributed by atoms with E-state index in [-0.39, 0.29) is 35.4 Å². The number of alkyl halides is 3. The van der Waals surface area contributed by atoms with E-state index in [9.17, 15) is 31.2 Å². The summed E-state index contributed by atoms with van der Waals surface area (Å²) < 4.78 is 68.8. The molecule has 13 heteroatoms. The van der Waals surface area contributed by atoms with Crippen molar-refractivity contribution >= 4 is 31.9 Å². The summed E-state index contributed by atoms with van der Waals surface area (Å²) in [5.74, 6) is -0.403. The number of halogens is 4. The van der Waals surface area contributed by atoms with Crippen LogP contribution in [0.25, 0.3) is 11.3 Å². The highest BCUT2D eigenvalue weighted by molar-refractivity contribution is 9.10. The third-order valence-corrected chi connectivity index (χ3v) is 9.35. The minimum absolute atomic E-state index is 0.0543. The Morgan fingerprint density at radius 1 is 1.03 bits per heavy atom. The molecule has 1 N–H and O–H groups in total. The zero-order valence-electron chi connectivity index (χ0n) is 20.5. The van der Waals surface area contributed by atoms with E-state index in [4.69, 9.17) is 0 Å². The van der Waals surface area contributed by atoms with Crippen molar-refractivity contribution in [3.63, 3.8) is 0 Å². The molecule has 1 aliphatic carbocycles. The molecule has 2 aromatic carbocycles. The lowest BCUT2D eigenvalue weighted by Crippen LogP contribution is -2.49. The molecule has 0 radical (unpaired) electrons. The number of nitrogens with zero attached hydrogens (tertiary/aromatic N) is 3. The molecule has 0 bridgehead atoms. The summed E-state index contributed by atoms with van der Waals surface area (Å²) in [6, 6.07) is 10.0. The smallest absolute Gasteiger partial charge is 0.337 e. The van der Waals surface area contributed by atoms with Gasteiger partial charge in [0, 0.05) is 41.4 Å². The van der Waals surface area contributed by atoms with Crippen LogP contribution in [0.2, 0.25) is 0 Å². The van der Waals surface area contributed by atoms with Gasteiger partial charge in [0.15, 0.2) is 0 Å². The number of H-pyrrole nitrogens is 1. The molecule has 1 aliphatic heterocycles. The first-order valence-electron chi connectivity index (χ1n) is 12.3. The van der Waals surface area contributed by atoms with Crippen LogP contribution in [0.5, 0.6) is 0 Å². The molecule has 0 unspecified atom stereocenters. The number of likely N-dealkylation sites (tertiary alicyclic amines) is 1. The zero-order chi connectivity index (χ0) is 27.9. The predicted molar refractivity (Wildman–Crippen MR) is 140 cm³/mol. The predicted octanol–water partition coefficient (Wildman–Crippen LogP) is 4.68. The standard InChI is InChI=1S/C26H24BrF3N4O4S/c27-18-5-1-3-16(13-18)23-24(35)31-15-22(32-23)25(36)33-11-9-20(10-12-33)34(19-7-8-19)39(37,38)21-6-2-4-17(14-21)26(28,29)30/h1-6,13-15,19-20H,7-12H2,(H,31,35). The molecule has 39 heavy (non-hydrogen) atoms. The van der Waals surface area contributed by atoms with Crippen LogP contribution in [0.1, 0.15) is 41.7 Å². The summed E-state index contributed by atoms with van der Waals surface area (Å²) in [7, 11) is -4.18. The molecular formula is C26H24BrF3N4O4S. The monoisotopic (exact) mass is 624 g/mol. The van der Waals surface area contributed by atoms with Gasteiger partial charge in [-0.2, -0.15) is 17.5 Å². The third-order valence-electron chi connectivity index (χ3n) is 6.86. The number of sulfonamides is 1. The topological polar surface area (TPSA) is 103 Å². The first-order valence-corrected chi connectivity index (χ1v) is 14.5. The van der Waals surface area contributed by atoms with Crippen molar-refractivity contribution in [1.29, 1.82) is 0 Å². The van der Waals surface area contributed by atoms with E-state index in [1.54, 1.807) is 29.2 Å². The lowest BCUT2D eigenvalue weighted by molar-refractivity contribution is -0.137. The zero-order valence-corrected chi connectivity index (χ0v) is 22.9. The lowest BCUT2D eigenvalue weighted by Gasteiger charge is -2.38. The Balaban J connectivity index is 1.33. The van der Waals surface area contributed by atoms with Crippen LogP contribution in [0.3, 0.4) is 0 Å². The number of hydrogen-bond acceptors (Lipinski definition) is 5. The maximum absolute atomic E-state index is 13.5. The molecule has 206 valence electrons. The Morgan fingerprint density at radius 3 is 2.33 bits per heavy atom. The van der Waals surface area contributed by atoms with Crippen molar-refractivity contribution < 1.29 is 26.4 Å². The number of hydrogen-bond donors (Lipinski definition) is 1. The van der Waals surface area contributed by atoms with Crippen molar-refractivity contribution in [2.75, 3.05) is 13.1 Å². The molecule has 1 saturated heterocycles. The lowest BCUT2D eigenvalue weighted by atomic mass is 10.0. The minimum Gasteiger partial charge on any atom is -0.337 e. The molecule has 2 aliphatic rings. The number of nitrogens with one attached hydrogen (secondary N) is 1. The van der Waals surface area contributed by atoms with Gasteiger partial charge in [-0.1, -0.05) is 34.1 Å². The third kappa shape index (κ3) is 5.80. The van der Waals surface area contributed by atoms with Crippen LogP contribution < -0.4 is 5.56 Å². The summed E-state index contributed by atoms with van der Waals surface area (Å²) in [6.07, 6.45) is -1.49. The molecule has 1 amide bonds. The van der Waals surface area contributed by atoms with Crippen LogP contribution in [-0.2, 0) is 16.2 Å². The summed E-state index contributed by atoms with van der Waals surface area (Å²) in [6.45, 7) is 0.468. The average molecular weight is 625 g/mol. The Morgan fingerprint density at radius 2 is 1.69 bits per heavy atom. The summed E-state index contributed by atoms with van der Waals surface area (Å²) in [5.41, 5.74) is -0.764. The number of carbonyl (C=O) groups excluding carboxylic acids is 1. The number of carbonyl (C=O) groups is 1. The van der Waals surface area contributed by atoms with Crippen molar-refractivity contribution in [2.24, 2.45) is 0 Å². The van der Waals surface area contributed by atoms with Crippen LogP contribution in [0, 0.1) is 0 Å². The van der Waals surface area contributed by atoms with Crippen LogP contribution in [-0.4, -0.2) is 58.7 Å². The fourth-order valence-electron chi connectivity index (χ4n) is 4.81. The Bertz CT molecular complexity index is 1570. The van der Waals surface area contributed by atoms with Crippen LogP contribution in [0.15, 0.2) is 68.9 Å². The number of aromatic nitrogens is 2. The maximum atomic E-state index is 13.5. The maximum Gasteiger partial charge on any atom is 0.416 e. The highest BCUT2D eigenvalue weighted by Crippen LogP contribution is 2.38. The molecule has 2 heterocycles. The van der Waals surface area contributed by atoms with Gasteiger partial charge in [-0.05, 0) is 56.0 Å². The number of benzene rings is 2. The van der Waals surface area contributed by atoms with Crippen molar-refractivity contribution in [3.05, 3.63) is 80.8 Å². The molecule has 3 aromatic rings. The second-order valence-corrected chi connectivity index (χ2v) is 12.3. The largest absolute Gasteiger partial charge is 0.416 e. The van der Waals surface area contributed by atoms with Gasteiger partial charge in [0.25, 0.3) is 11.5 Å². The molecule has 5 rings (SSSR count). The van der Waals surface area contributed by atoms with Crippen molar-refractivity contribution in [2.45, 2.75) is 48.8 Å². The van der Waals surface area contributed by atoms with E-state index in [1.165, 1.54) is 16.6 Å². The van der Waals surface area contributed by atoms with Gasteiger partial charge in [-0.15, -0.1) is 0 Å². The van der Waals surface area contributed by atoms with Gasteiger partial charge in [-0.3, -0.25) is 9.59 Å². The van der Waals surface area contributed by atoms with E-state index >= 15 is 0 Å². The molecule has 8 nitrogen and oxygen atoms in total. The minimum atomic E-state index is -4.66. The highest BCUT2D eigenvalue weighted by atomic mass is 79.9. The van der Waals surface area contributed by atoms with E-state index in [2.05, 4.69) is 25.9 Å². The number of rotatable bonds is 6. The number of aromatic amines is 1. The second-order valence-electron chi connectivity index (χ2n) is 9.59.